The Hall–Kier alpha value is -0.790. The highest BCUT2D eigenvalue weighted by molar-refractivity contribution is 4.90. The molecule has 0 saturated heterocycles. The minimum atomic E-state index is 0.601. The summed E-state index contributed by atoms with van der Waals surface area (Å²) in [6.07, 6.45) is 38.5. The Kier molecular flexibility index (Phi) is 21.7. The Morgan fingerprint density at radius 1 is 0.571 bits per heavy atom. The van der Waals surface area contributed by atoms with Gasteiger partial charge in [-0.25, -0.2) is 9.55 Å². The maximum absolute atomic E-state index is 3.66. The molecule has 0 radical (unpaired) electrons. The second-order valence-electron chi connectivity index (χ2n) is 11.5. The Bertz CT molecular complexity index is 549. The zero-order chi connectivity index (χ0) is 25.4. The van der Waals surface area contributed by atoms with E-state index in [1.54, 1.807) is 0 Å². The molecule has 1 aromatic heterocycles. The van der Waals surface area contributed by atoms with E-state index in [0.717, 1.165) is 0 Å². The van der Waals surface area contributed by atoms with Crippen molar-refractivity contribution in [2.45, 2.75) is 194 Å². The van der Waals surface area contributed by atoms with E-state index in [9.17, 15) is 0 Å². The maximum Gasteiger partial charge on any atom is 0.257 e. The molecule has 1 aromatic rings. The van der Waals surface area contributed by atoms with Crippen molar-refractivity contribution in [3.63, 3.8) is 0 Å². The summed E-state index contributed by atoms with van der Waals surface area (Å²) < 4.78 is 2.54. The van der Waals surface area contributed by atoms with Crippen LogP contribution in [0.4, 0.5) is 0 Å². The Morgan fingerprint density at radius 2 is 0.943 bits per heavy atom. The molecule has 2 nitrogen and oxygen atoms in total. The number of hydrogen-bond donors (Lipinski definition) is 1. The van der Waals surface area contributed by atoms with Crippen molar-refractivity contribution in [3.05, 3.63) is 18.2 Å². The number of hydrogen-bond acceptors (Lipinski definition) is 0. The number of unbranched alkanes of at least 4 members (excludes halogenated alkanes) is 19. The number of aromatic nitrogens is 2. The summed E-state index contributed by atoms with van der Waals surface area (Å²) in [6.45, 7) is 9.30. The van der Waals surface area contributed by atoms with E-state index in [-0.39, 0.29) is 0 Å². The second-order valence-corrected chi connectivity index (χ2v) is 11.5. The van der Waals surface area contributed by atoms with Gasteiger partial charge in [0.2, 0.25) is 0 Å². The molecule has 2 unspecified atom stereocenters. The van der Waals surface area contributed by atoms with Crippen LogP contribution in [0.3, 0.4) is 0 Å². The van der Waals surface area contributed by atoms with Gasteiger partial charge in [0.05, 0.1) is 12.0 Å². The average molecular weight is 490 g/mol. The van der Waals surface area contributed by atoms with Crippen LogP contribution < -0.4 is 4.57 Å². The van der Waals surface area contributed by atoms with Gasteiger partial charge in [0.15, 0.2) is 0 Å². The first-order valence-corrected chi connectivity index (χ1v) is 16.3. The van der Waals surface area contributed by atoms with Gasteiger partial charge in [-0.2, -0.15) is 0 Å². The van der Waals surface area contributed by atoms with Crippen molar-refractivity contribution in [1.82, 2.24) is 4.98 Å². The first-order valence-electron chi connectivity index (χ1n) is 16.3. The Labute approximate surface area is 221 Å². The average Bonchev–Trinajstić information content (AvgIpc) is 3.36. The topological polar surface area (TPSA) is 19.7 Å². The van der Waals surface area contributed by atoms with Crippen LogP contribution in [-0.4, -0.2) is 4.98 Å². The van der Waals surface area contributed by atoms with Crippen LogP contribution in [0, 0.1) is 0 Å². The third-order valence-corrected chi connectivity index (χ3v) is 8.26. The predicted octanol–water partition coefficient (Wildman–Crippen LogP) is 11.4. The third kappa shape index (κ3) is 16.6. The van der Waals surface area contributed by atoms with Crippen molar-refractivity contribution in [2.75, 3.05) is 0 Å². The van der Waals surface area contributed by atoms with Crippen LogP contribution in [0.1, 0.15) is 200 Å². The van der Waals surface area contributed by atoms with Crippen LogP contribution in [0.25, 0.3) is 0 Å². The van der Waals surface area contributed by atoms with Crippen molar-refractivity contribution >= 4 is 0 Å². The summed E-state index contributed by atoms with van der Waals surface area (Å²) in [5, 5.41) is 0. The third-order valence-electron chi connectivity index (χ3n) is 8.26. The monoisotopic (exact) mass is 490 g/mol. The van der Waals surface area contributed by atoms with Gasteiger partial charge in [-0.1, -0.05) is 156 Å². The molecule has 0 aliphatic rings. The van der Waals surface area contributed by atoms with Gasteiger partial charge in [0.1, 0.15) is 12.4 Å². The summed E-state index contributed by atoms with van der Waals surface area (Å²) in [4.78, 5) is 3.66. The smallest absolute Gasteiger partial charge is 0.247 e. The van der Waals surface area contributed by atoms with Crippen molar-refractivity contribution in [1.29, 1.82) is 0 Å². The lowest BCUT2D eigenvalue weighted by Crippen LogP contribution is -2.40. The molecule has 0 spiro atoms. The van der Waals surface area contributed by atoms with Gasteiger partial charge in [-0.15, -0.1) is 0 Å². The molecule has 0 fully saturated rings. The minimum absolute atomic E-state index is 0.601. The fourth-order valence-electron chi connectivity index (χ4n) is 5.62. The molecule has 0 aliphatic carbocycles. The van der Waals surface area contributed by atoms with Gasteiger partial charge in [0.25, 0.3) is 5.82 Å². The zero-order valence-corrected chi connectivity index (χ0v) is 24.7. The fraction of sp³-hybridized carbons (Fsp3) is 0.909. The maximum atomic E-state index is 3.66. The molecule has 0 aromatic carbocycles. The molecule has 0 saturated carbocycles. The van der Waals surface area contributed by atoms with E-state index in [1.807, 2.05) is 0 Å². The van der Waals surface area contributed by atoms with E-state index < -0.39 is 0 Å². The fourth-order valence-corrected chi connectivity index (χ4v) is 5.62. The van der Waals surface area contributed by atoms with Crippen molar-refractivity contribution in [3.8, 4) is 0 Å². The van der Waals surface area contributed by atoms with Crippen LogP contribution in [0.2, 0.25) is 0 Å². The first kappa shape index (κ1) is 32.2. The van der Waals surface area contributed by atoms with E-state index >= 15 is 0 Å². The van der Waals surface area contributed by atoms with E-state index in [4.69, 9.17) is 0 Å². The number of nitrogens with zero attached hydrogens (tertiary/aromatic N) is 1. The van der Waals surface area contributed by atoms with Crippen molar-refractivity contribution < 1.29 is 4.57 Å². The van der Waals surface area contributed by atoms with Gasteiger partial charge in [-0.05, 0) is 26.2 Å². The molecule has 206 valence electrons. The summed E-state index contributed by atoms with van der Waals surface area (Å²) in [7, 11) is 0. The van der Waals surface area contributed by atoms with Gasteiger partial charge in [0, 0.05) is 0 Å². The molecule has 1 N–H and O–H groups in total. The van der Waals surface area contributed by atoms with Gasteiger partial charge in [-0.3, -0.25) is 0 Å². The first-order chi connectivity index (χ1) is 17.2. The lowest BCUT2D eigenvalue weighted by molar-refractivity contribution is -0.726. The second kappa shape index (κ2) is 23.6. The molecule has 1 heterocycles. The van der Waals surface area contributed by atoms with Gasteiger partial charge < -0.3 is 0 Å². The number of imidazole rings is 1. The van der Waals surface area contributed by atoms with E-state index in [1.165, 1.54) is 160 Å². The number of H-pyrrole nitrogens is 1. The van der Waals surface area contributed by atoms with Crippen molar-refractivity contribution in [2.24, 2.45) is 0 Å². The highest BCUT2D eigenvalue weighted by Crippen LogP contribution is 2.27. The quantitative estimate of drug-likeness (QED) is 0.0985. The van der Waals surface area contributed by atoms with Crippen LogP contribution in [-0.2, 0) is 0 Å². The molecular weight excluding hydrogens is 424 g/mol. The largest absolute Gasteiger partial charge is 0.257 e. The molecule has 2 atom stereocenters. The number of rotatable bonds is 26. The molecule has 0 bridgehead atoms. The lowest BCUT2D eigenvalue weighted by atomic mass is 9.93. The van der Waals surface area contributed by atoms with E-state index in [2.05, 4.69) is 49.6 Å². The van der Waals surface area contributed by atoms with E-state index in [0.29, 0.717) is 12.0 Å². The Morgan fingerprint density at radius 3 is 1.31 bits per heavy atom. The normalized spacial score (nSPS) is 13.4. The molecular formula is C33H65N2+. The highest BCUT2D eigenvalue weighted by atomic mass is 15.1. The predicted molar refractivity (Wildman–Crippen MR) is 156 cm³/mol. The van der Waals surface area contributed by atoms with Crippen LogP contribution >= 0.6 is 0 Å². The number of nitrogens with one attached hydrogen (secondary N) is 1. The summed E-state index contributed by atoms with van der Waals surface area (Å²) in [5.41, 5.74) is 0. The lowest BCUT2D eigenvalue weighted by Gasteiger charge is -2.16. The molecule has 0 aliphatic heterocycles. The standard InChI is InChI=1S/C33H64N2/c1-5-8-10-12-14-16-18-20-22-24-26-28-32(33-34-29-30-35(33)31(4)7-3)27-25-23-21-19-17-15-13-11-9-6-2/h29-32H,5-28H2,1-4H3/p+1. The zero-order valence-electron chi connectivity index (χ0n) is 24.7. The molecule has 2 heteroatoms. The summed E-state index contributed by atoms with van der Waals surface area (Å²) >= 11 is 0. The molecule has 0 amide bonds. The minimum Gasteiger partial charge on any atom is -0.247 e. The molecule has 35 heavy (non-hydrogen) atoms. The van der Waals surface area contributed by atoms with Gasteiger partial charge >= 0.3 is 0 Å². The summed E-state index contributed by atoms with van der Waals surface area (Å²) in [6, 6.07) is 0.601. The SMILES string of the molecule is CCCCCCCCCCCCCC(CCCCCCCCCCCC)c1[nH]cc[n+]1C(C)CC. The van der Waals surface area contributed by atoms with Crippen LogP contribution in [0.5, 0.6) is 0 Å². The highest BCUT2D eigenvalue weighted by Gasteiger charge is 2.24. The number of aromatic amines is 1. The van der Waals surface area contributed by atoms with Crippen LogP contribution in [0.15, 0.2) is 12.4 Å². The molecule has 1 rings (SSSR count). The summed E-state index contributed by atoms with van der Waals surface area (Å²) in [5.74, 6) is 2.22. The Balaban J connectivity index is 2.28.